The van der Waals surface area contributed by atoms with Crippen molar-refractivity contribution >= 4 is 5.82 Å². The van der Waals surface area contributed by atoms with Gasteiger partial charge in [0.25, 0.3) is 0 Å². The summed E-state index contributed by atoms with van der Waals surface area (Å²) in [6.45, 7) is 9.09. The number of hydrogen-bond acceptors (Lipinski definition) is 3. The summed E-state index contributed by atoms with van der Waals surface area (Å²) in [5, 5.41) is 0. The fourth-order valence-electron chi connectivity index (χ4n) is 2.80. The molecular formula is C14H23N3. The van der Waals surface area contributed by atoms with Crippen LogP contribution in [0.1, 0.15) is 43.9 Å². The third-order valence-electron chi connectivity index (χ3n) is 3.49. The molecule has 0 radical (unpaired) electrons. The number of rotatable bonds is 3. The van der Waals surface area contributed by atoms with Crippen molar-refractivity contribution in [3.63, 3.8) is 0 Å². The van der Waals surface area contributed by atoms with Crippen molar-refractivity contribution in [1.29, 1.82) is 0 Å². The monoisotopic (exact) mass is 233 g/mol. The van der Waals surface area contributed by atoms with Gasteiger partial charge in [0, 0.05) is 18.8 Å². The number of aryl methyl sites for hydroxylation is 1. The van der Waals surface area contributed by atoms with Crippen molar-refractivity contribution in [3.05, 3.63) is 23.4 Å². The highest BCUT2D eigenvalue weighted by atomic mass is 15.2. The first-order valence-corrected chi connectivity index (χ1v) is 6.54. The van der Waals surface area contributed by atoms with Crippen LogP contribution >= 0.6 is 0 Å². The van der Waals surface area contributed by atoms with Crippen molar-refractivity contribution in [1.82, 2.24) is 9.88 Å². The van der Waals surface area contributed by atoms with Gasteiger partial charge in [0.1, 0.15) is 5.82 Å². The highest BCUT2D eigenvalue weighted by molar-refractivity contribution is 5.37. The number of aromatic nitrogens is 1. The molecule has 0 saturated carbocycles. The molecule has 1 aliphatic heterocycles. The second kappa shape index (κ2) is 5.05. The minimum atomic E-state index is 0.547. The molecule has 2 rings (SSSR count). The Labute approximate surface area is 104 Å². The molecular weight excluding hydrogens is 210 g/mol. The molecule has 0 amide bonds. The van der Waals surface area contributed by atoms with E-state index in [1.54, 1.807) is 0 Å². The lowest BCUT2D eigenvalue weighted by atomic mass is 10.0. The van der Waals surface area contributed by atoms with E-state index in [9.17, 15) is 0 Å². The zero-order chi connectivity index (χ0) is 12.4. The van der Waals surface area contributed by atoms with Crippen LogP contribution in [0, 0.1) is 12.8 Å². The zero-order valence-electron chi connectivity index (χ0n) is 11.1. The number of nitrogens with zero attached hydrogens (tertiary/aromatic N) is 2. The highest BCUT2D eigenvalue weighted by Crippen LogP contribution is 2.34. The average molecular weight is 233 g/mol. The SMILES string of the molecule is Cc1cc(N)ncc1[C@H]1CCCN1CC(C)C. The molecule has 2 N–H and O–H groups in total. The number of pyridine rings is 1. The second-order valence-corrected chi connectivity index (χ2v) is 5.51. The van der Waals surface area contributed by atoms with Gasteiger partial charge in [-0.2, -0.15) is 0 Å². The van der Waals surface area contributed by atoms with Gasteiger partial charge in [0.05, 0.1) is 0 Å². The summed E-state index contributed by atoms with van der Waals surface area (Å²) >= 11 is 0. The van der Waals surface area contributed by atoms with Crippen LogP contribution in [-0.4, -0.2) is 23.0 Å². The average Bonchev–Trinajstić information content (AvgIpc) is 2.65. The van der Waals surface area contributed by atoms with Crippen molar-refractivity contribution < 1.29 is 0 Å². The summed E-state index contributed by atoms with van der Waals surface area (Å²) < 4.78 is 0. The summed E-state index contributed by atoms with van der Waals surface area (Å²) in [5.74, 6) is 1.34. The van der Waals surface area contributed by atoms with E-state index in [1.165, 1.54) is 37.1 Å². The highest BCUT2D eigenvalue weighted by Gasteiger charge is 2.27. The van der Waals surface area contributed by atoms with Crippen molar-refractivity contribution in [2.75, 3.05) is 18.8 Å². The van der Waals surface area contributed by atoms with E-state index in [2.05, 4.69) is 30.7 Å². The molecule has 0 unspecified atom stereocenters. The van der Waals surface area contributed by atoms with Crippen LogP contribution in [0.5, 0.6) is 0 Å². The molecule has 1 atom stereocenters. The van der Waals surface area contributed by atoms with Gasteiger partial charge in [0.15, 0.2) is 0 Å². The maximum atomic E-state index is 5.72. The smallest absolute Gasteiger partial charge is 0.123 e. The molecule has 1 aromatic rings. The molecule has 2 heterocycles. The first-order valence-electron chi connectivity index (χ1n) is 6.54. The van der Waals surface area contributed by atoms with E-state index in [4.69, 9.17) is 5.73 Å². The Balaban J connectivity index is 2.20. The van der Waals surface area contributed by atoms with Crippen LogP contribution < -0.4 is 5.73 Å². The lowest BCUT2D eigenvalue weighted by Gasteiger charge is -2.27. The Morgan fingerprint density at radius 3 is 2.94 bits per heavy atom. The van der Waals surface area contributed by atoms with Crippen LogP contribution in [0.2, 0.25) is 0 Å². The van der Waals surface area contributed by atoms with E-state index >= 15 is 0 Å². The molecule has 1 aliphatic rings. The van der Waals surface area contributed by atoms with Gasteiger partial charge in [-0.15, -0.1) is 0 Å². The summed E-state index contributed by atoms with van der Waals surface area (Å²) in [6, 6.07) is 2.53. The first-order chi connectivity index (χ1) is 8.08. The molecule has 0 bridgehead atoms. The van der Waals surface area contributed by atoms with Crippen molar-refractivity contribution in [2.45, 2.75) is 39.7 Å². The number of hydrogen-bond donors (Lipinski definition) is 1. The third-order valence-corrected chi connectivity index (χ3v) is 3.49. The quantitative estimate of drug-likeness (QED) is 0.873. The number of likely N-dealkylation sites (tertiary alicyclic amines) is 1. The van der Waals surface area contributed by atoms with Crippen LogP contribution in [-0.2, 0) is 0 Å². The summed E-state index contributed by atoms with van der Waals surface area (Å²) in [4.78, 5) is 6.84. The maximum absolute atomic E-state index is 5.72. The van der Waals surface area contributed by atoms with Gasteiger partial charge < -0.3 is 5.73 Å². The van der Waals surface area contributed by atoms with Gasteiger partial charge in [-0.25, -0.2) is 4.98 Å². The zero-order valence-corrected chi connectivity index (χ0v) is 11.1. The topological polar surface area (TPSA) is 42.1 Å². The minimum absolute atomic E-state index is 0.547. The van der Waals surface area contributed by atoms with E-state index in [-0.39, 0.29) is 0 Å². The standard InChI is InChI=1S/C14H23N3/c1-10(2)9-17-6-4-5-13(17)12-8-16-14(15)7-11(12)3/h7-8,10,13H,4-6,9H2,1-3H3,(H2,15,16)/t13-/m1/s1. The third kappa shape index (κ3) is 2.78. The molecule has 0 spiro atoms. The Morgan fingerprint density at radius 2 is 2.29 bits per heavy atom. The predicted molar refractivity (Wildman–Crippen MR) is 71.8 cm³/mol. The van der Waals surface area contributed by atoms with E-state index < -0.39 is 0 Å². The molecule has 0 aromatic carbocycles. The van der Waals surface area contributed by atoms with Crippen LogP contribution in [0.3, 0.4) is 0 Å². The Morgan fingerprint density at radius 1 is 1.53 bits per heavy atom. The van der Waals surface area contributed by atoms with E-state index in [1.807, 2.05) is 12.3 Å². The van der Waals surface area contributed by atoms with Gasteiger partial charge >= 0.3 is 0 Å². The molecule has 94 valence electrons. The number of nitrogen functional groups attached to an aromatic ring is 1. The van der Waals surface area contributed by atoms with Crippen LogP contribution in [0.25, 0.3) is 0 Å². The predicted octanol–water partition coefficient (Wildman–Crippen LogP) is 2.77. The molecule has 1 fully saturated rings. The van der Waals surface area contributed by atoms with Crippen molar-refractivity contribution in [2.24, 2.45) is 5.92 Å². The molecule has 0 aliphatic carbocycles. The number of nitrogens with two attached hydrogens (primary N) is 1. The second-order valence-electron chi connectivity index (χ2n) is 5.51. The molecule has 1 aromatic heterocycles. The Bertz CT molecular complexity index is 387. The van der Waals surface area contributed by atoms with Gasteiger partial charge in [0.2, 0.25) is 0 Å². The van der Waals surface area contributed by atoms with Crippen molar-refractivity contribution in [3.8, 4) is 0 Å². The lowest BCUT2D eigenvalue weighted by molar-refractivity contribution is 0.228. The minimum Gasteiger partial charge on any atom is -0.384 e. The maximum Gasteiger partial charge on any atom is 0.123 e. The molecule has 17 heavy (non-hydrogen) atoms. The molecule has 1 saturated heterocycles. The largest absolute Gasteiger partial charge is 0.384 e. The van der Waals surface area contributed by atoms with Crippen LogP contribution in [0.15, 0.2) is 12.3 Å². The van der Waals surface area contributed by atoms with Gasteiger partial charge in [-0.05, 0) is 49.4 Å². The van der Waals surface area contributed by atoms with E-state index in [0.29, 0.717) is 11.9 Å². The Hall–Kier alpha value is -1.09. The Kier molecular flexibility index (Phi) is 3.67. The first kappa shape index (κ1) is 12.4. The molecule has 3 heteroatoms. The molecule has 3 nitrogen and oxygen atoms in total. The fourth-order valence-corrected chi connectivity index (χ4v) is 2.80. The van der Waals surface area contributed by atoms with Crippen LogP contribution in [0.4, 0.5) is 5.82 Å². The summed E-state index contributed by atoms with van der Waals surface area (Å²) in [5.41, 5.74) is 8.35. The lowest BCUT2D eigenvalue weighted by Crippen LogP contribution is -2.27. The van der Waals surface area contributed by atoms with E-state index in [0.717, 1.165) is 5.92 Å². The summed E-state index contributed by atoms with van der Waals surface area (Å²) in [6.07, 6.45) is 4.51. The summed E-state index contributed by atoms with van der Waals surface area (Å²) in [7, 11) is 0. The normalized spacial score (nSPS) is 21.3. The van der Waals surface area contributed by atoms with Gasteiger partial charge in [-0.3, -0.25) is 4.90 Å². The fraction of sp³-hybridized carbons (Fsp3) is 0.643. The van der Waals surface area contributed by atoms with Gasteiger partial charge in [-0.1, -0.05) is 13.8 Å². The number of anilines is 1.